The summed E-state index contributed by atoms with van der Waals surface area (Å²) in [5.74, 6) is -0.681. The molecule has 0 radical (unpaired) electrons. The smallest absolute Gasteiger partial charge is 0.416 e. The highest BCUT2D eigenvalue weighted by Crippen LogP contribution is 2.37. The molecule has 1 aliphatic heterocycles. The zero-order valence-electron chi connectivity index (χ0n) is 13.6. The van der Waals surface area contributed by atoms with E-state index in [1.165, 1.54) is 0 Å². The molecule has 2 aromatic rings. The van der Waals surface area contributed by atoms with Crippen LogP contribution in [0, 0.1) is 10.1 Å². The van der Waals surface area contributed by atoms with Crippen molar-refractivity contribution < 1.29 is 37.1 Å². The van der Waals surface area contributed by atoms with Crippen LogP contribution >= 0.6 is 0 Å². The first kappa shape index (κ1) is 18.5. The van der Waals surface area contributed by atoms with Gasteiger partial charge in [-0.15, -0.1) is 0 Å². The van der Waals surface area contributed by atoms with Crippen LogP contribution in [0.5, 0.6) is 11.5 Å². The van der Waals surface area contributed by atoms with E-state index in [1.807, 2.05) is 0 Å². The molecule has 0 aromatic heterocycles. The number of halogens is 3. The van der Waals surface area contributed by atoms with Gasteiger partial charge >= 0.3 is 12.1 Å². The summed E-state index contributed by atoms with van der Waals surface area (Å²) in [6.07, 6.45) is -4.47. The number of carbonyl (C=O) groups excluding carboxylic acids is 1. The third-order valence-electron chi connectivity index (χ3n) is 3.73. The number of alkyl halides is 3. The van der Waals surface area contributed by atoms with E-state index >= 15 is 0 Å². The second kappa shape index (κ2) is 7.14. The Bertz CT molecular complexity index is 879. The van der Waals surface area contributed by atoms with Crippen molar-refractivity contribution in [3.8, 4) is 11.5 Å². The van der Waals surface area contributed by atoms with E-state index in [9.17, 15) is 28.1 Å². The first-order chi connectivity index (χ1) is 12.8. The number of fused-ring (bicyclic) bond motifs is 1. The van der Waals surface area contributed by atoms with Crippen LogP contribution in [0.25, 0.3) is 0 Å². The number of rotatable bonds is 4. The van der Waals surface area contributed by atoms with E-state index in [4.69, 9.17) is 14.2 Å². The molecule has 0 saturated heterocycles. The SMILES string of the molecule is O=C(OCc1ccc(C(F)(F)F)cc1)c1cc2c(cc1[N+](=O)[O-])OCCO2. The van der Waals surface area contributed by atoms with Gasteiger partial charge in [0.1, 0.15) is 25.4 Å². The summed E-state index contributed by atoms with van der Waals surface area (Å²) < 4.78 is 53.2. The lowest BCUT2D eigenvalue weighted by Gasteiger charge is -2.18. The fraction of sp³-hybridized carbons (Fsp3) is 0.235. The van der Waals surface area contributed by atoms with E-state index in [0.717, 1.165) is 36.4 Å². The minimum Gasteiger partial charge on any atom is -0.486 e. The Kier molecular flexibility index (Phi) is 4.89. The second-order valence-corrected chi connectivity index (χ2v) is 5.54. The number of nitrogens with zero attached hydrogens (tertiary/aromatic N) is 1. The number of hydrogen-bond donors (Lipinski definition) is 0. The zero-order chi connectivity index (χ0) is 19.6. The maximum Gasteiger partial charge on any atom is 0.416 e. The van der Waals surface area contributed by atoms with Gasteiger partial charge in [0.25, 0.3) is 5.69 Å². The Labute approximate surface area is 150 Å². The van der Waals surface area contributed by atoms with Gasteiger partial charge in [-0.1, -0.05) is 12.1 Å². The van der Waals surface area contributed by atoms with Crippen molar-refractivity contribution in [2.75, 3.05) is 13.2 Å². The number of hydrogen-bond acceptors (Lipinski definition) is 6. The molecule has 27 heavy (non-hydrogen) atoms. The minimum atomic E-state index is -4.47. The van der Waals surface area contributed by atoms with Crippen molar-refractivity contribution in [1.29, 1.82) is 0 Å². The molecule has 1 aliphatic rings. The second-order valence-electron chi connectivity index (χ2n) is 5.54. The summed E-state index contributed by atoms with van der Waals surface area (Å²) in [6.45, 7) is 0.106. The van der Waals surface area contributed by atoms with Gasteiger partial charge < -0.3 is 14.2 Å². The lowest BCUT2D eigenvalue weighted by molar-refractivity contribution is -0.385. The normalized spacial score (nSPS) is 13.1. The highest BCUT2D eigenvalue weighted by Gasteiger charge is 2.30. The van der Waals surface area contributed by atoms with Crippen LogP contribution in [0.1, 0.15) is 21.5 Å². The van der Waals surface area contributed by atoms with Crippen molar-refractivity contribution in [3.63, 3.8) is 0 Å². The number of benzene rings is 2. The molecule has 2 aromatic carbocycles. The van der Waals surface area contributed by atoms with Crippen LogP contribution in [0.3, 0.4) is 0 Å². The average molecular weight is 383 g/mol. The molecule has 0 saturated carbocycles. The number of nitro benzene ring substituents is 1. The highest BCUT2D eigenvalue weighted by atomic mass is 19.4. The number of carbonyl (C=O) groups is 1. The standard InChI is InChI=1S/C17H12F3NO6/c18-17(19,20)11-3-1-10(2-4-11)9-27-16(22)12-7-14-15(26-6-5-25-14)8-13(12)21(23)24/h1-4,7-8H,5-6,9H2. The lowest BCUT2D eigenvalue weighted by Crippen LogP contribution is -2.17. The van der Waals surface area contributed by atoms with Crippen LogP contribution in [0.2, 0.25) is 0 Å². The Morgan fingerprint density at radius 3 is 2.26 bits per heavy atom. The third-order valence-corrected chi connectivity index (χ3v) is 3.73. The van der Waals surface area contributed by atoms with Gasteiger partial charge in [-0.05, 0) is 17.7 Å². The summed E-state index contributed by atoms with van der Waals surface area (Å²) in [4.78, 5) is 22.7. The molecule has 7 nitrogen and oxygen atoms in total. The lowest BCUT2D eigenvalue weighted by atomic mass is 10.1. The summed E-state index contributed by atoms with van der Waals surface area (Å²) in [5.41, 5.74) is -1.38. The maximum absolute atomic E-state index is 12.5. The summed E-state index contributed by atoms with van der Waals surface area (Å²) in [7, 11) is 0. The fourth-order valence-electron chi connectivity index (χ4n) is 2.41. The first-order valence-corrected chi connectivity index (χ1v) is 7.67. The molecular weight excluding hydrogens is 371 g/mol. The molecule has 10 heteroatoms. The molecule has 0 fully saturated rings. The number of esters is 1. The molecule has 0 N–H and O–H groups in total. The van der Waals surface area contributed by atoms with Crippen LogP contribution < -0.4 is 9.47 Å². The minimum absolute atomic E-state index is 0.146. The molecule has 142 valence electrons. The topological polar surface area (TPSA) is 87.9 Å². The molecule has 3 rings (SSSR count). The van der Waals surface area contributed by atoms with Gasteiger partial charge in [0.2, 0.25) is 0 Å². The monoisotopic (exact) mass is 383 g/mol. The first-order valence-electron chi connectivity index (χ1n) is 7.67. The van der Waals surface area contributed by atoms with Gasteiger partial charge in [-0.3, -0.25) is 10.1 Å². The quantitative estimate of drug-likeness (QED) is 0.454. The maximum atomic E-state index is 12.5. The summed E-state index contributed by atoms with van der Waals surface area (Å²) in [5, 5.41) is 11.2. The van der Waals surface area contributed by atoms with Gasteiger partial charge in [0.15, 0.2) is 11.5 Å². The van der Waals surface area contributed by atoms with Crippen LogP contribution in [0.15, 0.2) is 36.4 Å². The molecule has 0 atom stereocenters. The van der Waals surface area contributed by atoms with E-state index in [2.05, 4.69) is 0 Å². The van der Waals surface area contributed by atoms with E-state index < -0.39 is 28.3 Å². The highest BCUT2D eigenvalue weighted by molar-refractivity contribution is 5.95. The molecule has 0 amide bonds. The predicted octanol–water partition coefficient (Wildman–Crippen LogP) is 3.74. The molecule has 1 heterocycles. The van der Waals surface area contributed by atoms with Crippen LogP contribution in [0.4, 0.5) is 18.9 Å². The van der Waals surface area contributed by atoms with Gasteiger partial charge in [-0.25, -0.2) is 4.79 Å². The molecule has 0 aliphatic carbocycles. The Morgan fingerprint density at radius 1 is 1.11 bits per heavy atom. The van der Waals surface area contributed by atoms with E-state index in [-0.39, 0.29) is 36.9 Å². The van der Waals surface area contributed by atoms with Gasteiger partial charge in [0.05, 0.1) is 16.6 Å². The van der Waals surface area contributed by atoms with Crippen LogP contribution in [-0.4, -0.2) is 24.1 Å². The molecule has 0 bridgehead atoms. The van der Waals surface area contributed by atoms with Gasteiger partial charge in [0, 0.05) is 6.07 Å². The van der Waals surface area contributed by atoms with Crippen molar-refractivity contribution >= 4 is 11.7 Å². The third kappa shape index (κ3) is 4.10. The largest absolute Gasteiger partial charge is 0.486 e. The Morgan fingerprint density at radius 2 is 1.70 bits per heavy atom. The predicted molar refractivity (Wildman–Crippen MR) is 84.6 cm³/mol. The van der Waals surface area contributed by atoms with E-state index in [1.54, 1.807) is 0 Å². The molecular formula is C17H12F3NO6. The van der Waals surface area contributed by atoms with Crippen molar-refractivity contribution in [2.24, 2.45) is 0 Å². The molecule has 0 unspecified atom stereocenters. The van der Waals surface area contributed by atoms with Crippen molar-refractivity contribution in [2.45, 2.75) is 12.8 Å². The Balaban J connectivity index is 1.77. The average Bonchev–Trinajstić information content (AvgIpc) is 2.64. The van der Waals surface area contributed by atoms with Crippen molar-refractivity contribution in [3.05, 3.63) is 63.2 Å². The molecule has 0 spiro atoms. The summed E-state index contributed by atoms with van der Waals surface area (Å²) >= 11 is 0. The summed E-state index contributed by atoms with van der Waals surface area (Å²) in [6, 6.07) is 6.26. The zero-order valence-corrected chi connectivity index (χ0v) is 13.6. The van der Waals surface area contributed by atoms with Crippen molar-refractivity contribution in [1.82, 2.24) is 0 Å². The van der Waals surface area contributed by atoms with E-state index in [0.29, 0.717) is 5.56 Å². The van der Waals surface area contributed by atoms with Gasteiger partial charge in [-0.2, -0.15) is 13.2 Å². The fourth-order valence-corrected chi connectivity index (χ4v) is 2.41. The number of nitro groups is 1. The Hall–Kier alpha value is -3.30. The number of ether oxygens (including phenoxy) is 3. The van der Waals surface area contributed by atoms with Crippen LogP contribution in [-0.2, 0) is 17.5 Å².